The minimum atomic E-state index is 0. The molecule has 0 radical (unpaired) electrons. The first-order valence-electron chi connectivity index (χ1n) is 10.2. The molecule has 1 saturated heterocycles. The molecule has 2 N–H and O–H groups in total. The van der Waals surface area contributed by atoms with Gasteiger partial charge in [0.1, 0.15) is 12.4 Å². The number of nitrogens with zero attached hydrogens (tertiary/aromatic N) is 5. The van der Waals surface area contributed by atoms with E-state index in [0.717, 1.165) is 49.6 Å². The third-order valence-electron chi connectivity index (χ3n) is 5.39. The fourth-order valence-electron chi connectivity index (χ4n) is 3.29. The predicted octanol–water partition coefficient (Wildman–Crippen LogP) is 3.16. The second-order valence-electron chi connectivity index (χ2n) is 7.62. The average Bonchev–Trinajstić information content (AvgIpc) is 3.33. The number of nitrogens with one attached hydrogen (secondary N) is 2. The van der Waals surface area contributed by atoms with Crippen LogP contribution in [0, 0.1) is 12.8 Å². The fourth-order valence-corrected chi connectivity index (χ4v) is 3.94. The lowest BCUT2D eigenvalue weighted by Gasteiger charge is -2.30. The van der Waals surface area contributed by atoms with E-state index in [0.29, 0.717) is 6.54 Å². The SMILES string of the molecule is Cc1nnc(CN=C(NCCCN2CCC(C)CC2)NCc2cccs2)n1C.I. The van der Waals surface area contributed by atoms with Crippen LogP contribution in [0.5, 0.6) is 0 Å². The summed E-state index contributed by atoms with van der Waals surface area (Å²) in [7, 11) is 1.98. The maximum absolute atomic E-state index is 4.72. The summed E-state index contributed by atoms with van der Waals surface area (Å²) in [6.07, 6.45) is 3.79. The van der Waals surface area contributed by atoms with E-state index in [2.05, 4.69) is 50.2 Å². The van der Waals surface area contributed by atoms with Gasteiger partial charge in [0.2, 0.25) is 0 Å². The molecule has 3 rings (SSSR count). The number of hydrogen-bond acceptors (Lipinski definition) is 5. The van der Waals surface area contributed by atoms with E-state index in [1.54, 1.807) is 11.3 Å². The highest BCUT2D eigenvalue weighted by Crippen LogP contribution is 2.15. The molecule has 0 aromatic carbocycles. The highest BCUT2D eigenvalue weighted by atomic mass is 127. The Morgan fingerprint density at radius 1 is 1.28 bits per heavy atom. The topological polar surface area (TPSA) is 70.4 Å². The summed E-state index contributed by atoms with van der Waals surface area (Å²) in [5.74, 6) is 3.50. The number of aromatic nitrogens is 3. The maximum atomic E-state index is 4.72. The molecule has 0 amide bonds. The Kier molecular flexibility index (Phi) is 10.4. The molecule has 7 nitrogen and oxygen atoms in total. The van der Waals surface area contributed by atoms with E-state index in [4.69, 9.17) is 4.99 Å². The number of rotatable bonds is 8. The molecule has 1 aliphatic rings. The van der Waals surface area contributed by atoms with Gasteiger partial charge in [-0.1, -0.05) is 13.0 Å². The normalized spacial score (nSPS) is 15.9. The van der Waals surface area contributed by atoms with E-state index >= 15 is 0 Å². The van der Waals surface area contributed by atoms with Crippen molar-refractivity contribution in [2.24, 2.45) is 18.0 Å². The van der Waals surface area contributed by atoms with E-state index in [9.17, 15) is 0 Å². The maximum Gasteiger partial charge on any atom is 0.192 e. The molecule has 0 unspecified atom stereocenters. The second kappa shape index (κ2) is 12.5. The van der Waals surface area contributed by atoms with Crippen molar-refractivity contribution >= 4 is 41.3 Å². The van der Waals surface area contributed by atoms with Crippen molar-refractivity contribution in [3.05, 3.63) is 34.0 Å². The van der Waals surface area contributed by atoms with Gasteiger partial charge in [-0.05, 0) is 63.2 Å². The first-order chi connectivity index (χ1) is 13.6. The third-order valence-corrected chi connectivity index (χ3v) is 6.27. The van der Waals surface area contributed by atoms with E-state index in [1.807, 2.05) is 18.5 Å². The van der Waals surface area contributed by atoms with Gasteiger partial charge < -0.3 is 20.1 Å². The Bertz CT molecular complexity index is 736. The zero-order valence-corrected chi connectivity index (χ0v) is 20.9. The molecular formula is C20H34IN7S. The molecule has 0 spiro atoms. The van der Waals surface area contributed by atoms with Crippen LogP contribution in [0.1, 0.15) is 42.7 Å². The van der Waals surface area contributed by atoms with Crippen LogP contribution in [0.2, 0.25) is 0 Å². The summed E-state index contributed by atoms with van der Waals surface area (Å²) in [5, 5.41) is 17.3. The molecule has 0 bridgehead atoms. The van der Waals surface area contributed by atoms with Gasteiger partial charge in [-0.3, -0.25) is 0 Å². The van der Waals surface area contributed by atoms with Crippen LogP contribution < -0.4 is 10.6 Å². The molecule has 9 heteroatoms. The lowest BCUT2D eigenvalue weighted by atomic mass is 9.99. The Balaban J connectivity index is 0.00000300. The number of likely N-dealkylation sites (tertiary alicyclic amines) is 1. The van der Waals surface area contributed by atoms with E-state index in [1.165, 1.54) is 30.8 Å². The number of piperidine rings is 1. The zero-order valence-electron chi connectivity index (χ0n) is 17.7. The molecule has 1 fully saturated rings. The number of guanidine groups is 1. The largest absolute Gasteiger partial charge is 0.356 e. The molecule has 0 saturated carbocycles. The van der Waals surface area contributed by atoms with Crippen molar-refractivity contribution in [2.45, 2.75) is 46.2 Å². The molecule has 29 heavy (non-hydrogen) atoms. The summed E-state index contributed by atoms with van der Waals surface area (Å²) in [6.45, 7) is 10.2. The van der Waals surface area contributed by atoms with Crippen LogP contribution in [0.15, 0.2) is 22.5 Å². The van der Waals surface area contributed by atoms with Crippen LogP contribution in [-0.4, -0.2) is 51.8 Å². The first kappa shape index (κ1) is 24.1. The fraction of sp³-hybridized carbons (Fsp3) is 0.650. The van der Waals surface area contributed by atoms with Crippen LogP contribution in [0.4, 0.5) is 0 Å². The van der Waals surface area contributed by atoms with Crippen molar-refractivity contribution in [1.82, 2.24) is 30.3 Å². The van der Waals surface area contributed by atoms with Crippen LogP contribution >= 0.6 is 35.3 Å². The monoisotopic (exact) mass is 531 g/mol. The van der Waals surface area contributed by atoms with E-state index in [-0.39, 0.29) is 24.0 Å². The number of hydrogen-bond donors (Lipinski definition) is 2. The molecule has 2 aromatic heterocycles. The molecule has 1 aliphatic heterocycles. The highest BCUT2D eigenvalue weighted by Gasteiger charge is 2.14. The Labute approximate surface area is 195 Å². The molecule has 0 atom stereocenters. The highest BCUT2D eigenvalue weighted by molar-refractivity contribution is 14.0. The standard InChI is InChI=1S/C20H33N7S.HI/c1-16-7-11-27(12-8-16)10-5-9-21-20(22-14-18-6-4-13-28-18)23-15-19-25-24-17(2)26(19)3;/h4,6,13,16H,5,7-12,14-15H2,1-3H3,(H2,21,22,23);1H. The number of thiophene rings is 1. The van der Waals surface area contributed by atoms with Gasteiger partial charge in [-0.2, -0.15) is 0 Å². The van der Waals surface area contributed by atoms with Gasteiger partial charge in [-0.25, -0.2) is 4.99 Å². The zero-order chi connectivity index (χ0) is 19.8. The minimum absolute atomic E-state index is 0. The van der Waals surface area contributed by atoms with Crippen molar-refractivity contribution in [1.29, 1.82) is 0 Å². The summed E-state index contributed by atoms with van der Waals surface area (Å²) in [5.41, 5.74) is 0. The smallest absolute Gasteiger partial charge is 0.192 e. The predicted molar refractivity (Wildman–Crippen MR) is 131 cm³/mol. The lowest BCUT2D eigenvalue weighted by Crippen LogP contribution is -2.39. The summed E-state index contributed by atoms with van der Waals surface area (Å²) >= 11 is 1.75. The van der Waals surface area contributed by atoms with Gasteiger partial charge in [0.05, 0.1) is 6.54 Å². The Hall–Kier alpha value is -1.20. The molecular weight excluding hydrogens is 497 g/mol. The number of aryl methyl sites for hydroxylation is 1. The van der Waals surface area contributed by atoms with Crippen LogP contribution in [0.25, 0.3) is 0 Å². The van der Waals surface area contributed by atoms with Crippen molar-refractivity contribution in [3.63, 3.8) is 0 Å². The number of aliphatic imine (C=N–C) groups is 1. The van der Waals surface area contributed by atoms with Gasteiger partial charge in [0.25, 0.3) is 0 Å². The number of halogens is 1. The van der Waals surface area contributed by atoms with Crippen LogP contribution in [-0.2, 0) is 20.1 Å². The van der Waals surface area contributed by atoms with Crippen molar-refractivity contribution < 1.29 is 0 Å². The van der Waals surface area contributed by atoms with Gasteiger partial charge in [0, 0.05) is 18.5 Å². The molecule has 0 aliphatic carbocycles. The Morgan fingerprint density at radius 2 is 2.07 bits per heavy atom. The quantitative estimate of drug-likeness (QED) is 0.237. The third kappa shape index (κ3) is 7.86. The van der Waals surface area contributed by atoms with Gasteiger partial charge in [-0.15, -0.1) is 45.5 Å². The summed E-state index contributed by atoms with van der Waals surface area (Å²) in [6, 6.07) is 4.21. The molecule has 2 aromatic rings. The van der Waals surface area contributed by atoms with Crippen molar-refractivity contribution in [3.8, 4) is 0 Å². The second-order valence-corrected chi connectivity index (χ2v) is 8.66. The van der Waals surface area contributed by atoms with Crippen molar-refractivity contribution in [2.75, 3.05) is 26.2 Å². The summed E-state index contributed by atoms with van der Waals surface area (Å²) in [4.78, 5) is 8.60. The molecule has 3 heterocycles. The van der Waals surface area contributed by atoms with Crippen LogP contribution in [0.3, 0.4) is 0 Å². The summed E-state index contributed by atoms with van der Waals surface area (Å²) < 4.78 is 1.98. The minimum Gasteiger partial charge on any atom is -0.356 e. The van der Waals surface area contributed by atoms with Gasteiger partial charge in [0.15, 0.2) is 11.8 Å². The average molecular weight is 532 g/mol. The lowest BCUT2D eigenvalue weighted by molar-refractivity contribution is 0.191. The Morgan fingerprint density at radius 3 is 2.72 bits per heavy atom. The van der Waals surface area contributed by atoms with E-state index < -0.39 is 0 Å². The van der Waals surface area contributed by atoms with Gasteiger partial charge >= 0.3 is 0 Å². The molecule has 162 valence electrons. The first-order valence-corrected chi connectivity index (χ1v) is 11.1.